The molecule has 0 aromatic carbocycles. The average Bonchev–Trinajstić information content (AvgIpc) is 2.85. The highest BCUT2D eigenvalue weighted by atomic mass is 16.4. The molecule has 0 aliphatic heterocycles. The Balaban J connectivity index is 1.68. The molecule has 4 bridgehead atoms. The Morgan fingerprint density at radius 3 is 2.32 bits per heavy atom. The molecule has 2 N–H and O–H groups in total. The van der Waals surface area contributed by atoms with E-state index in [9.17, 15) is 9.90 Å². The number of carboxylic acid groups (broad SMARTS) is 1. The molecule has 4 aliphatic rings. The van der Waals surface area contributed by atoms with Crippen molar-refractivity contribution in [3.8, 4) is 0 Å². The Hall–Kier alpha value is -1.32. The fraction of sp³-hybridized carbons (Fsp3) is 0.733. The molecule has 1 unspecified atom stereocenters. The predicted molar refractivity (Wildman–Crippen MR) is 69.5 cm³/mol. The summed E-state index contributed by atoms with van der Waals surface area (Å²) in [7, 11) is 0. The molecule has 1 aromatic rings. The number of hydrogen-bond donors (Lipinski definition) is 2. The van der Waals surface area contributed by atoms with Gasteiger partial charge in [-0.3, -0.25) is 4.79 Å². The van der Waals surface area contributed by atoms with Crippen LogP contribution < -0.4 is 0 Å². The van der Waals surface area contributed by atoms with Crippen LogP contribution in [0.2, 0.25) is 0 Å². The van der Waals surface area contributed by atoms with Gasteiger partial charge >= 0.3 is 5.97 Å². The maximum absolute atomic E-state index is 11.8. The van der Waals surface area contributed by atoms with E-state index in [1.54, 1.807) is 12.4 Å². The topological polar surface area (TPSA) is 66.0 Å². The molecule has 1 aromatic heterocycles. The number of aromatic amines is 1. The number of nitrogens with one attached hydrogen (secondary N) is 1. The van der Waals surface area contributed by atoms with Crippen LogP contribution in [0, 0.1) is 29.6 Å². The van der Waals surface area contributed by atoms with Gasteiger partial charge in [0, 0.05) is 12.4 Å². The van der Waals surface area contributed by atoms with Crippen LogP contribution in [0.25, 0.3) is 0 Å². The van der Waals surface area contributed by atoms with Crippen molar-refractivity contribution in [3.05, 3.63) is 18.2 Å². The second kappa shape index (κ2) is 4.09. The Labute approximate surface area is 112 Å². The monoisotopic (exact) mass is 260 g/mol. The first-order valence-corrected chi connectivity index (χ1v) is 7.44. The second-order valence-electron chi connectivity index (χ2n) is 6.80. The van der Waals surface area contributed by atoms with Crippen LogP contribution in [0.1, 0.15) is 43.8 Å². The molecule has 19 heavy (non-hydrogen) atoms. The SMILES string of the molecule is O=C(O)C(c1ncc[nH]1)C1C2CC3CC(C2)CC1C3. The number of rotatable bonds is 3. The first-order chi connectivity index (χ1) is 9.22. The number of nitrogens with zero attached hydrogens (tertiary/aromatic N) is 1. The minimum absolute atomic E-state index is 0.302. The van der Waals surface area contributed by atoms with Crippen LogP contribution in [-0.2, 0) is 4.79 Å². The van der Waals surface area contributed by atoms with Gasteiger partial charge in [-0.25, -0.2) is 4.98 Å². The molecule has 0 saturated heterocycles. The fourth-order valence-corrected chi connectivity index (χ4v) is 5.42. The van der Waals surface area contributed by atoms with Crippen LogP contribution in [0.5, 0.6) is 0 Å². The van der Waals surface area contributed by atoms with E-state index in [2.05, 4.69) is 9.97 Å². The molecule has 4 saturated carbocycles. The number of imidazole rings is 1. The third-order valence-electron chi connectivity index (χ3n) is 5.76. The van der Waals surface area contributed by atoms with Crippen molar-refractivity contribution in [1.29, 1.82) is 0 Å². The first-order valence-electron chi connectivity index (χ1n) is 7.44. The van der Waals surface area contributed by atoms with Gasteiger partial charge in [0.25, 0.3) is 0 Å². The van der Waals surface area contributed by atoms with Gasteiger partial charge in [-0.1, -0.05) is 0 Å². The van der Waals surface area contributed by atoms with Gasteiger partial charge in [0.05, 0.1) is 0 Å². The lowest BCUT2D eigenvalue weighted by molar-refractivity contribution is -0.146. The molecular weight excluding hydrogens is 240 g/mol. The second-order valence-corrected chi connectivity index (χ2v) is 6.80. The summed E-state index contributed by atoms with van der Waals surface area (Å²) in [5.74, 6) is 2.82. The zero-order valence-corrected chi connectivity index (χ0v) is 11.0. The van der Waals surface area contributed by atoms with Gasteiger partial charge in [-0.2, -0.15) is 0 Å². The standard InChI is InChI=1S/C15H20N2O2/c18-15(19)13(14-16-1-2-17-14)12-10-4-8-3-9(6-10)7-11(12)5-8/h1-2,8-13H,3-7H2,(H,16,17)(H,18,19). The van der Waals surface area contributed by atoms with E-state index in [1.165, 1.54) is 32.1 Å². The van der Waals surface area contributed by atoms with E-state index in [4.69, 9.17) is 0 Å². The van der Waals surface area contributed by atoms with E-state index in [0.717, 1.165) is 11.8 Å². The molecule has 5 rings (SSSR count). The summed E-state index contributed by atoms with van der Waals surface area (Å²) in [5, 5.41) is 9.67. The number of aromatic nitrogens is 2. The van der Waals surface area contributed by atoms with Crippen LogP contribution in [0.3, 0.4) is 0 Å². The van der Waals surface area contributed by atoms with Crippen molar-refractivity contribution in [1.82, 2.24) is 9.97 Å². The molecule has 1 heterocycles. The molecule has 4 fully saturated rings. The van der Waals surface area contributed by atoms with Gasteiger partial charge in [0.2, 0.25) is 0 Å². The summed E-state index contributed by atoms with van der Waals surface area (Å²) in [4.78, 5) is 19.0. The van der Waals surface area contributed by atoms with Crippen molar-refractivity contribution in [2.24, 2.45) is 29.6 Å². The van der Waals surface area contributed by atoms with Crippen LogP contribution in [-0.4, -0.2) is 21.0 Å². The van der Waals surface area contributed by atoms with Crippen molar-refractivity contribution in [3.63, 3.8) is 0 Å². The third kappa shape index (κ3) is 1.72. The van der Waals surface area contributed by atoms with E-state index in [0.29, 0.717) is 23.6 Å². The third-order valence-corrected chi connectivity index (χ3v) is 5.76. The summed E-state index contributed by atoms with van der Waals surface area (Å²) in [6.07, 6.45) is 9.82. The summed E-state index contributed by atoms with van der Waals surface area (Å²) >= 11 is 0. The maximum Gasteiger partial charge on any atom is 0.314 e. The zero-order valence-electron chi connectivity index (χ0n) is 11.0. The highest BCUT2D eigenvalue weighted by molar-refractivity contribution is 5.75. The normalized spacial score (nSPS) is 41.4. The van der Waals surface area contributed by atoms with Gasteiger partial charge < -0.3 is 10.1 Å². The molecule has 0 amide bonds. The van der Waals surface area contributed by atoms with Crippen molar-refractivity contribution >= 4 is 5.97 Å². The van der Waals surface area contributed by atoms with Gasteiger partial charge in [0.1, 0.15) is 11.7 Å². The minimum Gasteiger partial charge on any atom is -0.481 e. The van der Waals surface area contributed by atoms with Gasteiger partial charge in [0.15, 0.2) is 0 Å². The van der Waals surface area contributed by atoms with E-state index >= 15 is 0 Å². The lowest BCUT2D eigenvalue weighted by Crippen LogP contribution is -2.48. The Bertz CT molecular complexity index is 454. The lowest BCUT2D eigenvalue weighted by Gasteiger charge is -2.55. The molecular formula is C15H20N2O2. The average molecular weight is 260 g/mol. The molecule has 0 radical (unpaired) electrons. The van der Waals surface area contributed by atoms with E-state index < -0.39 is 11.9 Å². The highest BCUT2D eigenvalue weighted by Gasteiger charge is 2.52. The number of carboxylic acids is 1. The van der Waals surface area contributed by atoms with E-state index in [1.807, 2.05) is 0 Å². The number of hydrogen-bond acceptors (Lipinski definition) is 2. The summed E-state index contributed by atoms with van der Waals surface area (Å²) in [5.41, 5.74) is 0. The summed E-state index contributed by atoms with van der Waals surface area (Å²) < 4.78 is 0. The molecule has 4 nitrogen and oxygen atoms in total. The zero-order chi connectivity index (χ0) is 13.0. The summed E-state index contributed by atoms with van der Waals surface area (Å²) in [6, 6.07) is 0. The van der Waals surface area contributed by atoms with E-state index in [-0.39, 0.29) is 0 Å². The Morgan fingerprint density at radius 1 is 1.21 bits per heavy atom. The highest BCUT2D eigenvalue weighted by Crippen LogP contribution is 2.59. The van der Waals surface area contributed by atoms with Crippen LogP contribution >= 0.6 is 0 Å². The molecule has 1 atom stereocenters. The number of H-pyrrole nitrogens is 1. The van der Waals surface area contributed by atoms with Crippen molar-refractivity contribution < 1.29 is 9.90 Å². The summed E-state index contributed by atoms with van der Waals surface area (Å²) in [6.45, 7) is 0. The predicted octanol–water partition coefficient (Wildman–Crippen LogP) is 2.65. The van der Waals surface area contributed by atoms with Crippen molar-refractivity contribution in [2.75, 3.05) is 0 Å². The smallest absolute Gasteiger partial charge is 0.314 e. The lowest BCUT2D eigenvalue weighted by atomic mass is 9.49. The van der Waals surface area contributed by atoms with Gasteiger partial charge in [-0.05, 0) is 61.7 Å². The Kier molecular flexibility index (Phi) is 2.47. The van der Waals surface area contributed by atoms with Crippen molar-refractivity contribution in [2.45, 2.75) is 38.0 Å². The van der Waals surface area contributed by atoms with Gasteiger partial charge in [-0.15, -0.1) is 0 Å². The Morgan fingerprint density at radius 2 is 1.84 bits per heavy atom. The molecule has 102 valence electrons. The number of carbonyl (C=O) groups is 1. The number of aliphatic carboxylic acids is 1. The molecule has 0 spiro atoms. The van der Waals surface area contributed by atoms with Crippen LogP contribution in [0.15, 0.2) is 12.4 Å². The molecule has 4 aliphatic carbocycles. The molecule has 4 heteroatoms. The quantitative estimate of drug-likeness (QED) is 0.878. The first kappa shape index (κ1) is 11.5. The fourth-order valence-electron chi connectivity index (χ4n) is 5.42. The maximum atomic E-state index is 11.8. The largest absolute Gasteiger partial charge is 0.481 e. The van der Waals surface area contributed by atoms with Crippen LogP contribution in [0.4, 0.5) is 0 Å². The minimum atomic E-state index is -0.701.